The fraction of sp³-hybridized carbons (Fsp3) is 1.00. The maximum Gasteiger partial charge on any atom is 4.00 e. The van der Waals surface area contributed by atoms with Crippen LogP contribution in [0.25, 0.3) is 0 Å². The van der Waals surface area contributed by atoms with Gasteiger partial charge in [-0.2, -0.15) is 361 Å². The second-order valence-electron chi connectivity index (χ2n) is 22.7. The molecule has 4 aliphatic heterocycles. The molecular weight excluding hydrogens is 3390 g/mol. The van der Waals surface area contributed by atoms with Crippen LogP contribution < -0.4 is 0 Å². The molecule has 138 heavy (non-hydrogen) atoms. The Morgan fingerprint density at radius 2 is 0.529 bits per heavy atom. The Bertz CT molecular complexity index is 1880. The molecule has 0 aromatic rings. The molecule has 0 radical (unpaired) electrons. The molecule has 0 N–H and O–H groups in total. The van der Waals surface area contributed by atoms with E-state index in [1.54, 1.807) is 47.0 Å². The van der Waals surface area contributed by atoms with Crippen molar-refractivity contribution in [2.75, 3.05) is 329 Å². The van der Waals surface area contributed by atoms with Crippen LogP contribution in [0.1, 0.15) is 0 Å². The largest absolute Gasteiger partial charge is 4.00 e. The summed E-state index contributed by atoms with van der Waals surface area (Å²) < 4.78 is -2.82. The van der Waals surface area contributed by atoms with Gasteiger partial charge in [0.25, 0.3) is 0 Å². The molecule has 0 amide bonds. The minimum atomic E-state index is -2.34. The Balaban J connectivity index is -0.000000238. The maximum atomic E-state index is 5.05. The van der Waals surface area contributed by atoms with Gasteiger partial charge in [-0.25, -0.2) is 0 Å². The van der Waals surface area contributed by atoms with Crippen LogP contribution in [0.15, 0.2) is 0 Å². The predicted octanol–water partition coefficient (Wildman–Crippen LogP) is 33.3. The standard InChI is InChI=1S/C14H28S10Si.C8H20S12Si.4C7H16S5.8C2H6S3.2Sn.2Zr/c15-1-3-17-9-13-11-23-25(21-7-5-19-13)22-8-6-20-14(12-24-25)10-18-4-2-16;9-1-13-5-17-21(18-6-14-2-10,19-7-15-3-11)20-8-16-4-12;4*8-1-3-11-6-7(5-10)12-4-2-9;8*3-1-5-2-4;;;;/h13-16H,1-12H2;9-12H,1-8H2;4*7-10H,1-6H2;8*3-4H,1-2H2;;;;/q;;;;;;;;;;;;;;4*+4/p-16. The molecule has 72 heteroatoms. The quantitative estimate of drug-likeness (QED) is 0.00918. The fourth-order valence-corrected chi connectivity index (χ4v) is 225. The van der Waals surface area contributed by atoms with E-state index >= 15 is 0 Å². The van der Waals surface area contributed by atoms with Crippen molar-refractivity contribution in [3.05, 3.63) is 0 Å². The molecule has 4 heterocycles. The zero-order valence-electron chi connectivity index (χ0n) is 76.5. The molecule has 0 nitrogen and oxygen atoms in total. The third-order valence-electron chi connectivity index (χ3n) is 13.1. The topological polar surface area (TPSA) is 0 Å². The Morgan fingerprint density at radius 3 is 0.761 bits per heavy atom. The zero-order valence-corrected chi connectivity index (χ0v) is 144. The monoisotopic (exact) mass is 3520 g/mol. The van der Waals surface area contributed by atoms with E-state index in [2.05, 4.69) is 533 Å². The van der Waals surface area contributed by atoms with Crippen LogP contribution in [0.4, 0.5) is 0 Å². The molecule has 0 aromatic heterocycles. The van der Waals surface area contributed by atoms with Gasteiger partial charge in [-0.1, -0.05) is 0 Å². The number of thioether (sulfide) groups is 24. The minimum Gasteiger partial charge on any atom is -0.792 e. The molecule has 0 bridgehead atoms. The van der Waals surface area contributed by atoms with Crippen LogP contribution >= 0.6 is 671 Å². The van der Waals surface area contributed by atoms with E-state index in [1.807, 2.05) is 141 Å². The van der Waals surface area contributed by atoms with Crippen molar-refractivity contribution in [3.8, 4) is 0 Å². The molecule has 0 saturated carbocycles. The summed E-state index contributed by atoms with van der Waals surface area (Å²) in [6.07, 6.45) is 0. The molecule has 0 aromatic carbocycles. The third-order valence-corrected chi connectivity index (χ3v) is 206. The van der Waals surface area contributed by atoms with Crippen molar-refractivity contribution in [2.24, 2.45) is 0 Å². The first-order valence-corrected chi connectivity index (χ1v) is 137. The van der Waals surface area contributed by atoms with Gasteiger partial charge in [-0.3, -0.25) is 0 Å². The van der Waals surface area contributed by atoms with Gasteiger partial charge in [-0.05, 0) is 56.5 Å². The summed E-state index contributed by atoms with van der Waals surface area (Å²) in [4.78, 5) is 0. The first kappa shape index (κ1) is 180. The van der Waals surface area contributed by atoms with E-state index in [4.69, 9.17) is 50.5 Å². The summed E-state index contributed by atoms with van der Waals surface area (Å²) in [5.41, 5.74) is 0. The molecule has 6 unspecified atom stereocenters. The van der Waals surface area contributed by atoms with Crippen LogP contribution in [0, 0.1) is 0 Å². The summed E-state index contributed by atoms with van der Waals surface area (Å²) >= 11 is 175. The summed E-state index contributed by atoms with van der Waals surface area (Å²) in [6, 6.07) is 0. The first-order valence-electron chi connectivity index (χ1n) is 40.3. The van der Waals surface area contributed by atoms with Crippen molar-refractivity contribution in [1.82, 2.24) is 0 Å². The molecule has 6 atom stereocenters. The maximum absolute atomic E-state index is 5.05. The van der Waals surface area contributed by atoms with E-state index in [1.165, 1.54) is 135 Å². The van der Waals surface area contributed by atoms with Crippen molar-refractivity contribution >= 4 is 807 Å². The second kappa shape index (κ2) is 152. The molecule has 4 fully saturated rings. The fourth-order valence-electron chi connectivity index (χ4n) is 7.64. The molecule has 828 valence electrons. The van der Waals surface area contributed by atoms with Crippen LogP contribution in [-0.4, -0.2) is 396 Å². The van der Waals surface area contributed by atoms with Gasteiger partial charge in [-0.15, -0.1) is 112 Å². The second-order valence-corrected chi connectivity index (χ2v) is 190. The number of hydrogen-bond acceptors (Lipinski definition) is 66. The van der Waals surface area contributed by atoms with Gasteiger partial charge in [0, 0.05) is 141 Å². The molecule has 2 spiro atoms. The Morgan fingerprint density at radius 1 is 0.283 bits per heavy atom. The molecule has 4 rings (SSSR count). The smallest absolute Gasteiger partial charge is 0.792 e. The number of thiol groups is 18. The van der Waals surface area contributed by atoms with Gasteiger partial charge in [0.2, 0.25) is 0 Å². The zero-order chi connectivity index (χ0) is 102. The molecular formula is C66H144S66Si2Sn2Zr2. The Labute approximate surface area is 1190 Å². The summed E-state index contributed by atoms with van der Waals surface area (Å²) in [5.74, 6) is 42.7. The van der Waals surface area contributed by atoms with E-state index in [-0.39, 0.29) is 52.4 Å². The summed E-state index contributed by atoms with van der Waals surface area (Å²) in [5, 5.41) is 27.7. The normalized spacial score (nSPS) is 18.7. The summed E-state index contributed by atoms with van der Waals surface area (Å²) in [6.45, 7) is 0. The average Bonchev–Trinajstić information content (AvgIpc) is 0.866. The van der Waals surface area contributed by atoms with Gasteiger partial charge >= 0.3 is 449 Å². The van der Waals surface area contributed by atoms with Gasteiger partial charge in [0.1, 0.15) is 0 Å². The number of rotatable bonds is 72. The molecule has 4 saturated heterocycles. The molecule has 4 aliphatic rings. The Hall–Kier alpha value is 26.9. The molecule has 0 aliphatic carbocycles. The minimum absolute atomic E-state index is 0. The SMILES string of the molecule is SCCSCC1CS[Si]2(SCCS1)SCCSC(CSCCS)CS2.SCCSCC1C[S][Sn]2([S]CCS1)[S]CCSC(CSCCS)C[S]2.SCSCS[Si](SCSCS)(SCSCS)SCSCS.SCSC[S][Sn]([S]CSCS)([S]CSCS)[S]CSCS.[S-]CCSC(C[S-])CSCCS.[S-]CCSC(C[S-])CSCCS.[S-]CSCS.[S-]CSCS.[S-]CSCS.[S-]CSCS.[Zr+4].[Zr+4]. The first-order chi connectivity index (χ1) is 66.4. The summed E-state index contributed by atoms with van der Waals surface area (Å²) in [7, 11) is 18.8. The van der Waals surface area contributed by atoms with E-state index in [0.29, 0.717) is 10.5 Å². The number of hydrogen-bond donors (Lipinski definition) is 18. The van der Waals surface area contributed by atoms with Gasteiger partial charge in [0.05, 0.1) is 0 Å². The van der Waals surface area contributed by atoms with E-state index < -0.39 is 35.0 Å². The van der Waals surface area contributed by atoms with Crippen molar-refractivity contribution < 1.29 is 52.4 Å². The van der Waals surface area contributed by atoms with Crippen LogP contribution in [-0.2, 0) is 153 Å². The van der Waals surface area contributed by atoms with E-state index in [0.717, 1.165) is 215 Å². The van der Waals surface area contributed by atoms with Gasteiger partial charge in [0.15, 0.2) is 0 Å². The van der Waals surface area contributed by atoms with E-state index in [9.17, 15) is 0 Å². The van der Waals surface area contributed by atoms with Crippen LogP contribution in [0.5, 0.6) is 0 Å². The van der Waals surface area contributed by atoms with Crippen molar-refractivity contribution in [1.29, 1.82) is 0 Å². The van der Waals surface area contributed by atoms with Crippen LogP contribution in [0.3, 0.4) is 0 Å². The average molecular weight is 3530 g/mol. The predicted molar refractivity (Wildman–Crippen MR) is 862 cm³/mol. The van der Waals surface area contributed by atoms with Crippen molar-refractivity contribution in [3.63, 3.8) is 0 Å². The van der Waals surface area contributed by atoms with Gasteiger partial charge < -0.3 is 101 Å². The van der Waals surface area contributed by atoms with Crippen molar-refractivity contribution in [2.45, 2.75) is 31.5 Å². The Kier molecular flexibility index (Phi) is 199. The third kappa shape index (κ3) is 130. The van der Waals surface area contributed by atoms with Crippen LogP contribution in [0.2, 0.25) is 0 Å².